The topological polar surface area (TPSA) is 69.6 Å². The molecule has 0 bridgehead atoms. The zero-order valence-corrected chi connectivity index (χ0v) is 7.62. The number of hydrogen-bond donors (Lipinski definition) is 2. The molecule has 1 heterocycles. The number of likely N-dealkylation sites (tertiary alicyclic amines) is 1. The summed E-state index contributed by atoms with van der Waals surface area (Å²) in [4.78, 5) is 23.4. The number of nitrogens with zero attached hydrogens (tertiary/aromatic N) is 1. The molecule has 1 unspecified atom stereocenters. The van der Waals surface area contributed by atoms with Crippen LogP contribution in [0.3, 0.4) is 0 Å². The molecule has 0 aromatic rings. The average Bonchev–Trinajstić information content (AvgIpc) is 2.44. The van der Waals surface area contributed by atoms with Gasteiger partial charge < -0.3 is 15.3 Å². The number of hydrogen-bond acceptors (Lipinski definition) is 3. The zero-order valence-electron chi connectivity index (χ0n) is 7.62. The highest BCUT2D eigenvalue weighted by atomic mass is 16.4. The van der Waals surface area contributed by atoms with Gasteiger partial charge in [0, 0.05) is 26.1 Å². The fourth-order valence-corrected chi connectivity index (χ4v) is 1.40. The first-order chi connectivity index (χ1) is 6.15. The summed E-state index contributed by atoms with van der Waals surface area (Å²) in [5.41, 5.74) is 0. The predicted molar refractivity (Wildman–Crippen MR) is 46.2 cm³/mol. The van der Waals surface area contributed by atoms with Gasteiger partial charge >= 0.3 is 5.97 Å². The molecular formula is C8H14N2O3. The number of carbonyl (C=O) groups excluding carboxylic acids is 1. The van der Waals surface area contributed by atoms with Crippen molar-refractivity contribution in [1.82, 2.24) is 10.2 Å². The Morgan fingerprint density at radius 3 is 2.92 bits per heavy atom. The second kappa shape index (κ2) is 4.23. The number of rotatable bonds is 4. The molecule has 1 atom stereocenters. The Kier molecular flexibility index (Phi) is 3.25. The molecule has 1 saturated heterocycles. The molecular weight excluding hydrogens is 172 g/mol. The molecule has 0 aliphatic carbocycles. The maximum Gasteiger partial charge on any atom is 0.308 e. The third-order valence-corrected chi connectivity index (χ3v) is 2.20. The van der Waals surface area contributed by atoms with E-state index in [1.54, 1.807) is 11.9 Å². The van der Waals surface area contributed by atoms with Crippen molar-refractivity contribution < 1.29 is 14.7 Å². The van der Waals surface area contributed by atoms with Gasteiger partial charge in [-0.25, -0.2) is 0 Å². The van der Waals surface area contributed by atoms with E-state index < -0.39 is 11.9 Å². The summed E-state index contributed by atoms with van der Waals surface area (Å²) in [6, 6.07) is 0. The van der Waals surface area contributed by atoms with Crippen LogP contribution in [0.15, 0.2) is 0 Å². The third-order valence-electron chi connectivity index (χ3n) is 2.20. The van der Waals surface area contributed by atoms with Gasteiger partial charge in [0.1, 0.15) is 0 Å². The minimum absolute atomic E-state index is 0.0531. The fraction of sp³-hybridized carbons (Fsp3) is 0.750. The van der Waals surface area contributed by atoms with Gasteiger partial charge in [-0.1, -0.05) is 0 Å². The lowest BCUT2D eigenvalue weighted by Gasteiger charge is -2.14. The summed E-state index contributed by atoms with van der Waals surface area (Å²) in [6.45, 7) is 1.66. The minimum atomic E-state index is -0.875. The molecule has 1 fully saturated rings. The molecule has 5 heteroatoms. The van der Waals surface area contributed by atoms with E-state index in [2.05, 4.69) is 5.32 Å². The number of carboxylic acid groups (broad SMARTS) is 1. The number of nitrogens with one attached hydrogen (secondary N) is 1. The van der Waals surface area contributed by atoms with Crippen LogP contribution >= 0.6 is 0 Å². The van der Waals surface area contributed by atoms with Crippen molar-refractivity contribution >= 4 is 11.9 Å². The van der Waals surface area contributed by atoms with E-state index in [0.29, 0.717) is 19.6 Å². The minimum Gasteiger partial charge on any atom is -0.481 e. The second-order valence-electron chi connectivity index (χ2n) is 3.18. The fourth-order valence-electron chi connectivity index (χ4n) is 1.40. The first-order valence-electron chi connectivity index (χ1n) is 4.30. The third kappa shape index (κ3) is 2.42. The van der Waals surface area contributed by atoms with Crippen molar-refractivity contribution in [3.63, 3.8) is 0 Å². The molecule has 74 valence electrons. The Bertz CT molecular complexity index is 217. The Morgan fingerprint density at radius 2 is 2.46 bits per heavy atom. The monoisotopic (exact) mass is 186 g/mol. The predicted octanol–water partition coefficient (Wildman–Crippen LogP) is -0.861. The van der Waals surface area contributed by atoms with Gasteiger partial charge in [-0.2, -0.15) is 0 Å². The Hall–Kier alpha value is -1.10. The summed E-state index contributed by atoms with van der Waals surface area (Å²) in [5, 5.41) is 11.6. The van der Waals surface area contributed by atoms with Gasteiger partial charge in [0.25, 0.3) is 0 Å². The van der Waals surface area contributed by atoms with Crippen molar-refractivity contribution in [3.8, 4) is 0 Å². The summed E-state index contributed by atoms with van der Waals surface area (Å²) >= 11 is 0. The molecule has 13 heavy (non-hydrogen) atoms. The van der Waals surface area contributed by atoms with Gasteiger partial charge in [0.2, 0.25) is 5.91 Å². The maximum atomic E-state index is 11.2. The van der Waals surface area contributed by atoms with Gasteiger partial charge in [-0.05, 0) is 7.05 Å². The van der Waals surface area contributed by atoms with Crippen LogP contribution < -0.4 is 5.32 Å². The Balaban J connectivity index is 2.42. The second-order valence-corrected chi connectivity index (χ2v) is 3.18. The van der Waals surface area contributed by atoms with Gasteiger partial charge in [0.05, 0.1) is 5.92 Å². The van der Waals surface area contributed by atoms with Crippen LogP contribution in [0.25, 0.3) is 0 Å². The van der Waals surface area contributed by atoms with E-state index in [1.165, 1.54) is 0 Å². The molecule has 1 rings (SSSR count). The van der Waals surface area contributed by atoms with Gasteiger partial charge in [-0.15, -0.1) is 0 Å². The lowest BCUT2D eigenvalue weighted by molar-refractivity contribution is -0.141. The SMILES string of the molecule is CNCCN1CC(C(=O)O)CC1=O. The highest BCUT2D eigenvalue weighted by Crippen LogP contribution is 2.16. The normalized spacial score (nSPS) is 22.4. The largest absolute Gasteiger partial charge is 0.481 e. The number of carboxylic acids is 1. The maximum absolute atomic E-state index is 11.2. The van der Waals surface area contributed by atoms with E-state index in [-0.39, 0.29) is 12.3 Å². The highest BCUT2D eigenvalue weighted by Gasteiger charge is 2.33. The molecule has 5 nitrogen and oxygen atoms in total. The molecule has 0 aromatic carbocycles. The number of likely N-dealkylation sites (N-methyl/N-ethyl adjacent to an activating group) is 1. The molecule has 0 saturated carbocycles. The molecule has 1 amide bonds. The van der Waals surface area contributed by atoms with Crippen molar-refractivity contribution in [2.45, 2.75) is 6.42 Å². The van der Waals surface area contributed by atoms with Crippen molar-refractivity contribution in [2.24, 2.45) is 5.92 Å². The van der Waals surface area contributed by atoms with Crippen LogP contribution in [-0.2, 0) is 9.59 Å². The van der Waals surface area contributed by atoms with Crippen molar-refractivity contribution in [3.05, 3.63) is 0 Å². The lowest BCUT2D eigenvalue weighted by Crippen LogP contribution is -2.32. The number of amides is 1. The summed E-state index contributed by atoms with van der Waals surface area (Å²) in [6.07, 6.45) is 0.152. The van der Waals surface area contributed by atoms with Gasteiger partial charge in [0.15, 0.2) is 0 Å². The lowest BCUT2D eigenvalue weighted by atomic mass is 10.1. The number of carbonyl (C=O) groups is 2. The molecule has 1 aliphatic heterocycles. The summed E-state index contributed by atoms with van der Waals surface area (Å²) < 4.78 is 0. The first-order valence-corrected chi connectivity index (χ1v) is 4.30. The molecule has 0 radical (unpaired) electrons. The van der Waals surface area contributed by atoms with E-state index in [0.717, 1.165) is 0 Å². The van der Waals surface area contributed by atoms with Crippen LogP contribution in [0.1, 0.15) is 6.42 Å². The molecule has 0 spiro atoms. The highest BCUT2D eigenvalue weighted by molar-refractivity contribution is 5.86. The van der Waals surface area contributed by atoms with E-state index in [1.807, 2.05) is 0 Å². The first kappa shape index (κ1) is 9.98. The summed E-state index contributed by atoms with van der Waals surface area (Å²) in [7, 11) is 1.80. The van der Waals surface area contributed by atoms with Crippen molar-refractivity contribution in [1.29, 1.82) is 0 Å². The summed E-state index contributed by atoms with van der Waals surface area (Å²) in [5.74, 6) is -1.44. The average molecular weight is 186 g/mol. The molecule has 0 aromatic heterocycles. The van der Waals surface area contributed by atoms with E-state index in [9.17, 15) is 9.59 Å². The van der Waals surface area contributed by atoms with Gasteiger partial charge in [-0.3, -0.25) is 9.59 Å². The molecule has 2 N–H and O–H groups in total. The van der Waals surface area contributed by atoms with Crippen molar-refractivity contribution in [2.75, 3.05) is 26.7 Å². The molecule has 1 aliphatic rings. The Labute approximate surface area is 76.7 Å². The standard InChI is InChI=1S/C8H14N2O3/c1-9-2-3-10-5-6(8(12)13)4-7(10)11/h6,9H,2-5H2,1H3,(H,12,13). The quantitative estimate of drug-likeness (QED) is 0.599. The number of aliphatic carboxylic acids is 1. The van der Waals surface area contributed by atoms with Crippen LogP contribution in [-0.4, -0.2) is 48.6 Å². The van der Waals surface area contributed by atoms with Crippen LogP contribution in [0.4, 0.5) is 0 Å². The zero-order chi connectivity index (χ0) is 9.84. The Morgan fingerprint density at radius 1 is 1.77 bits per heavy atom. The van der Waals surface area contributed by atoms with Crippen LogP contribution in [0.2, 0.25) is 0 Å². The van der Waals surface area contributed by atoms with E-state index in [4.69, 9.17) is 5.11 Å². The van der Waals surface area contributed by atoms with Crippen LogP contribution in [0, 0.1) is 5.92 Å². The van der Waals surface area contributed by atoms with E-state index >= 15 is 0 Å². The smallest absolute Gasteiger partial charge is 0.308 e. The van der Waals surface area contributed by atoms with Crippen LogP contribution in [0.5, 0.6) is 0 Å².